The Labute approximate surface area is 124 Å². The molecule has 3 heteroatoms. The van der Waals surface area contributed by atoms with E-state index in [2.05, 4.69) is 52.4 Å². The molecule has 0 aliphatic heterocycles. The van der Waals surface area contributed by atoms with E-state index >= 15 is 0 Å². The summed E-state index contributed by atoms with van der Waals surface area (Å²) in [5, 5.41) is 3.77. The highest BCUT2D eigenvalue weighted by Crippen LogP contribution is 2.41. The minimum absolute atomic E-state index is 0.515. The molecule has 3 rings (SSSR count). The molecule has 1 aromatic rings. The average Bonchev–Trinajstić information content (AvgIpc) is 2.31. The van der Waals surface area contributed by atoms with E-state index in [-0.39, 0.29) is 0 Å². The molecule has 1 aromatic carbocycles. The molecule has 1 N–H and O–H groups in total. The molecular weight excluding hydrogens is 302 g/mol. The molecule has 2 aliphatic carbocycles. The number of benzene rings is 1. The van der Waals surface area contributed by atoms with E-state index in [0.29, 0.717) is 18.2 Å². The number of hydrogen-bond donors (Lipinski definition) is 1. The smallest absolute Gasteiger partial charge is 0.0604 e. The Morgan fingerprint density at radius 1 is 1.16 bits per heavy atom. The third kappa shape index (κ3) is 3.04. The van der Waals surface area contributed by atoms with Crippen LogP contribution in [0, 0.1) is 0 Å². The molecule has 2 nitrogen and oxygen atoms in total. The van der Waals surface area contributed by atoms with Crippen molar-refractivity contribution in [2.45, 2.75) is 56.7 Å². The quantitative estimate of drug-likeness (QED) is 0.888. The lowest BCUT2D eigenvalue weighted by Gasteiger charge is -2.43. The van der Waals surface area contributed by atoms with Gasteiger partial charge in [-0.3, -0.25) is 0 Å². The summed E-state index contributed by atoms with van der Waals surface area (Å²) >= 11 is 3.66. The summed E-state index contributed by atoms with van der Waals surface area (Å²) in [6.07, 6.45) is 5.46. The van der Waals surface area contributed by atoms with Crippen molar-refractivity contribution in [2.75, 3.05) is 6.61 Å². The van der Waals surface area contributed by atoms with Gasteiger partial charge in [0.2, 0.25) is 0 Å². The Kier molecular flexibility index (Phi) is 4.25. The number of halogens is 1. The fourth-order valence-electron chi connectivity index (χ4n) is 3.22. The molecule has 0 amide bonds. The predicted molar refractivity (Wildman–Crippen MR) is 81.5 cm³/mol. The molecule has 104 valence electrons. The lowest BCUT2D eigenvalue weighted by atomic mass is 9.74. The van der Waals surface area contributed by atoms with Gasteiger partial charge in [-0.2, -0.15) is 0 Å². The van der Waals surface area contributed by atoms with Gasteiger partial charge in [0, 0.05) is 23.2 Å². The van der Waals surface area contributed by atoms with Crippen LogP contribution in [-0.4, -0.2) is 24.8 Å². The van der Waals surface area contributed by atoms with Crippen LogP contribution >= 0.6 is 15.9 Å². The lowest BCUT2D eigenvalue weighted by molar-refractivity contribution is -0.0154. The molecule has 0 unspecified atom stereocenters. The molecule has 0 atom stereocenters. The monoisotopic (exact) mass is 323 g/mol. The van der Waals surface area contributed by atoms with Crippen LogP contribution in [0.2, 0.25) is 0 Å². The van der Waals surface area contributed by atoms with Gasteiger partial charge in [-0.25, -0.2) is 0 Å². The Morgan fingerprint density at radius 2 is 1.84 bits per heavy atom. The highest BCUT2D eigenvalue weighted by molar-refractivity contribution is 9.10. The zero-order valence-electron chi connectivity index (χ0n) is 11.4. The van der Waals surface area contributed by atoms with Gasteiger partial charge in [-0.1, -0.05) is 34.1 Å². The maximum absolute atomic E-state index is 5.60. The van der Waals surface area contributed by atoms with E-state index < -0.39 is 0 Å². The summed E-state index contributed by atoms with van der Waals surface area (Å²) in [6, 6.07) is 10.0. The van der Waals surface area contributed by atoms with Gasteiger partial charge in [0.05, 0.1) is 6.10 Å². The molecule has 0 saturated heterocycles. The topological polar surface area (TPSA) is 21.3 Å². The molecule has 2 fully saturated rings. The predicted octanol–water partition coefficient (Wildman–Crippen LogP) is 3.85. The molecule has 0 aromatic heterocycles. The van der Waals surface area contributed by atoms with E-state index in [1.54, 1.807) is 0 Å². The lowest BCUT2D eigenvalue weighted by Crippen LogP contribution is -2.52. The summed E-state index contributed by atoms with van der Waals surface area (Å²) in [7, 11) is 0. The minimum Gasteiger partial charge on any atom is -0.378 e. The first kappa shape index (κ1) is 13.6. The Balaban J connectivity index is 1.41. The Morgan fingerprint density at radius 3 is 2.53 bits per heavy atom. The third-order valence-corrected chi connectivity index (χ3v) is 5.17. The van der Waals surface area contributed by atoms with E-state index in [1.807, 2.05) is 0 Å². The Hall–Kier alpha value is -0.380. The SMILES string of the molecule is CCOC1CC(NC2CC(c3ccccc3Br)C2)C1. The second-order valence-electron chi connectivity index (χ2n) is 5.80. The van der Waals surface area contributed by atoms with E-state index in [1.165, 1.54) is 35.7 Å². The molecule has 0 bridgehead atoms. The first-order valence-corrected chi connectivity index (χ1v) is 8.17. The van der Waals surface area contributed by atoms with Crippen LogP contribution in [0.25, 0.3) is 0 Å². The standard InChI is InChI=1S/C16H22BrNO/c1-2-19-14-9-13(10-14)18-12-7-11(8-12)15-5-3-4-6-16(15)17/h3-6,11-14,18H,2,7-10H2,1H3. The summed E-state index contributed by atoms with van der Waals surface area (Å²) in [6.45, 7) is 2.93. The fraction of sp³-hybridized carbons (Fsp3) is 0.625. The van der Waals surface area contributed by atoms with E-state index in [9.17, 15) is 0 Å². The second-order valence-corrected chi connectivity index (χ2v) is 6.65. The van der Waals surface area contributed by atoms with Crippen molar-refractivity contribution in [2.24, 2.45) is 0 Å². The van der Waals surface area contributed by atoms with Crippen molar-refractivity contribution in [1.82, 2.24) is 5.32 Å². The van der Waals surface area contributed by atoms with Crippen molar-refractivity contribution in [3.05, 3.63) is 34.3 Å². The molecule has 0 heterocycles. The van der Waals surface area contributed by atoms with E-state index in [4.69, 9.17) is 4.74 Å². The highest BCUT2D eigenvalue weighted by Gasteiger charge is 2.36. The molecule has 2 aliphatic rings. The van der Waals surface area contributed by atoms with Crippen molar-refractivity contribution < 1.29 is 4.74 Å². The van der Waals surface area contributed by atoms with Crippen LogP contribution in [0.4, 0.5) is 0 Å². The van der Waals surface area contributed by atoms with Gasteiger partial charge >= 0.3 is 0 Å². The summed E-state index contributed by atoms with van der Waals surface area (Å²) in [4.78, 5) is 0. The van der Waals surface area contributed by atoms with Gasteiger partial charge in [0.15, 0.2) is 0 Å². The number of nitrogens with one attached hydrogen (secondary N) is 1. The number of hydrogen-bond acceptors (Lipinski definition) is 2. The zero-order chi connectivity index (χ0) is 13.2. The molecule has 2 saturated carbocycles. The minimum atomic E-state index is 0.515. The Bertz CT molecular complexity index is 425. The maximum atomic E-state index is 5.60. The molecular formula is C16H22BrNO. The number of rotatable bonds is 5. The van der Waals surface area contributed by atoms with Gasteiger partial charge in [0.1, 0.15) is 0 Å². The van der Waals surface area contributed by atoms with E-state index in [0.717, 1.165) is 12.5 Å². The fourth-order valence-corrected chi connectivity index (χ4v) is 3.83. The first-order chi connectivity index (χ1) is 9.26. The molecule has 19 heavy (non-hydrogen) atoms. The third-order valence-electron chi connectivity index (χ3n) is 4.45. The van der Waals surface area contributed by atoms with Crippen molar-refractivity contribution in [3.8, 4) is 0 Å². The maximum Gasteiger partial charge on any atom is 0.0604 e. The van der Waals surface area contributed by atoms with Gasteiger partial charge < -0.3 is 10.1 Å². The second kappa shape index (κ2) is 5.94. The van der Waals surface area contributed by atoms with Gasteiger partial charge in [-0.15, -0.1) is 0 Å². The van der Waals surface area contributed by atoms with Crippen LogP contribution in [-0.2, 0) is 4.74 Å². The average molecular weight is 324 g/mol. The van der Waals surface area contributed by atoms with Crippen LogP contribution < -0.4 is 5.32 Å². The van der Waals surface area contributed by atoms with Crippen LogP contribution in [0.1, 0.15) is 44.1 Å². The van der Waals surface area contributed by atoms with Crippen LogP contribution in [0.5, 0.6) is 0 Å². The van der Waals surface area contributed by atoms with Crippen molar-refractivity contribution in [1.29, 1.82) is 0 Å². The summed E-state index contributed by atoms with van der Waals surface area (Å²) in [5.41, 5.74) is 1.47. The molecule has 0 radical (unpaired) electrons. The van der Waals surface area contributed by atoms with Crippen molar-refractivity contribution in [3.63, 3.8) is 0 Å². The van der Waals surface area contributed by atoms with Gasteiger partial charge in [-0.05, 0) is 50.2 Å². The van der Waals surface area contributed by atoms with Crippen LogP contribution in [0.15, 0.2) is 28.7 Å². The zero-order valence-corrected chi connectivity index (χ0v) is 13.0. The first-order valence-electron chi connectivity index (χ1n) is 7.38. The van der Waals surface area contributed by atoms with Gasteiger partial charge in [0.25, 0.3) is 0 Å². The highest BCUT2D eigenvalue weighted by atomic mass is 79.9. The normalized spacial score (nSPS) is 33.6. The van der Waals surface area contributed by atoms with Crippen LogP contribution in [0.3, 0.4) is 0 Å². The summed E-state index contributed by atoms with van der Waals surface area (Å²) in [5.74, 6) is 0.732. The largest absolute Gasteiger partial charge is 0.378 e. The van der Waals surface area contributed by atoms with Crippen molar-refractivity contribution >= 4 is 15.9 Å². The molecule has 0 spiro atoms. The number of ether oxygens (including phenoxy) is 1. The summed E-state index contributed by atoms with van der Waals surface area (Å²) < 4.78 is 6.86.